The first-order valence-corrected chi connectivity index (χ1v) is 9.01. The van der Waals surface area contributed by atoms with E-state index in [-0.39, 0.29) is 0 Å². The predicted molar refractivity (Wildman–Crippen MR) is 79.0 cm³/mol. The Morgan fingerprint density at radius 2 is 2.35 bits per heavy atom. The number of sulfonamides is 1. The van der Waals surface area contributed by atoms with Gasteiger partial charge in [0.1, 0.15) is 5.76 Å². The Hall–Kier alpha value is -0.850. The molecule has 1 aromatic heterocycles. The van der Waals surface area contributed by atoms with Crippen LogP contribution in [0.4, 0.5) is 0 Å². The third-order valence-electron chi connectivity index (χ3n) is 3.79. The highest BCUT2D eigenvalue weighted by Crippen LogP contribution is 2.18. The minimum Gasteiger partial charge on any atom is -0.469 e. The average Bonchev–Trinajstić information content (AvgIpc) is 2.88. The van der Waals surface area contributed by atoms with Crippen molar-refractivity contribution >= 4 is 10.0 Å². The Morgan fingerprint density at radius 1 is 1.55 bits per heavy atom. The molecule has 0 spiro atoms. The average molecular weight is 300 g/mol. The van der Waals surface area contributed by atoms with Crippen molar-refractivity contribution in [3.05, 3.63) is 24.2 Å². The fourth-order valence-corrected chi connectivity index (χ4v) is 3.61. The maximum Gasteiger partial charge on any atom is 0.211 e. The van der Waals surface area contributed by atoms with Crippen molar-refractivity contribution in [3.63, 3.8) is 0 Å². The van der Waals surface area contributed by atoms with Gasteiger partial charge in [-0.1, -0.05) is 0 Å². The quantitative estimate of drug-likeness (QED) is 0.864. The van der Waals surface area contributed by atoms with Crippen LogP contribution in [0.15, 0.2) is 22.8 Å². The summed E-state index contributed by atoms with van der Waals surface area (Å²) in [5.41, 5.74) is 0. The molecule has 0 aromatic carbocycles. The van der Waals surface area contributed by atoms with Crippen molar-refractivity contribution < 1.29 is 12.8 Å². The zero-order chi connectivity index (χ0) is 14.6. The van der Waals surface area contributed by atoms with Gasteiger partial charge in [0.05, 0.1) is 12.5 Å². The van der Waals surface area contributed by atoms with Crippen LogP contribution in [0.3, 0.4) is 0 Å². The van der Waals surface area contributed by atoms with E-state index in [4.69, 9.17) is 4.42 Å². The van der Waals surface area contributed by atoms with E-state index < -0.39 is 10.0 Å². The Balaban J connectivity index is 1.76. The molecule has 0 aliphatic carbocycles. The SMILES string of the molecule is CC(Cc1ccco1)NCC1CCCN(S(C)(=O)=O)C1. The van der Waals surface area contributed by atoms with Crippen LogP contribution >= 0.6 is 0 Å². The molecule has 5 nitrogen and oxygen atoms in total. The van der Waals surface area contributed by atoms with Gasteiger partial charge in [-0.05, 0) is 44.4 Å². The number of piperidine rings is 1. The predicted octanol–water partition coefficient (Wildman–Crippen LogP) is 1.47. The molecule has 2 rings (SSSR count). The van der Waals surface area contributed by atoms with Crippen LogP contribution in [0.1, 0.15) is 25.5 Å². The van der Waals surface area contributed by atoms with Gasteiger partial charge in [-0.2, -0.15) is 0 Å². The van der Waals surface area contributed by atoms with Crippen molar-refractivity contribution in [2.24, 2.45) is 5.92 Å². The van der Waals surface area contributed by atoms with Crippen LogP contribution in [0.25, 0.3) is 0 Å². The van der Waals surface area contributed by atoms with Gasteiger partial charge in [0.2, 0.25) is 10.0 Å². The number of nitrogens with one attached hydrogen (secondary N) is 1. The lowest BCUT2D eigenvalue weighted by atomic mass is 9.99. The van der Waals surface area contributed by atoms with E-state index in [2.05, 4.69) is 12.2 Å². The molecule has 2 atom stereocenters. The molecule has 1 aliphatic rings. The van der Waals surface area contributed by atoms with E-state index in [1.54, 1.807) is 10.6 Å². The first kappa shape index (κ1) is 15.5. The van der Waals surface area contributed by atoms with Gasteiger partial charge in [0.25, 0.3) is 0 Å². The Bertz CT molecular complexity index is 498. The number of nitrogens with zero attached hydrogens (tertiary/aromatic N) is 1. The fraction of sp³-hybridized carbons (Fsp3) is 0.714. The molecule has 0 saturated carbocycles. The molecular formula is C14H24N2O3S. The third-order valence-corrected chi connectivity index (χ3v) is 5.06. The van der Waals surface area contributed by atoms with Crippen LogP contribution < -0.4 is 5.32 Å². The molecule has 2 unspecified atom stereocenters. The summed E-state index contributed by atoms with van der Waals surface area (Å²) in [7, 11) is -3.05. The molecule has 0 radical (unpaired) electrons. The number of rotatable bonds is 6. The first-order valence-electron chi connectivity index (χ1n) is 7.16. The van der Waals surface area contributed by atoms with E-state index in [9.17, 15) is 8.42 Å². The molecule has 1 N–H and O–H groups in total. The first-order chi connectivity index (χ1) is 9.45. The summed E-state index contributed by atoms with van der Waals surface area (Å²) in [6.45, 7) is 4.28. The van der Waals surface area contributed by atoms with Gasteiger partial charge >= 0.3 is 0 Å². The molecule has 1 aliphatic heterocycles. The molecule has 2 heterocycles. The summed E-state index contributed by atoms with van der Waals surface area (Å²) in [5.74, 6) is 1.38. The molecular weight excluding hydrogens is 276 g/mol. The number of hydrogen-bond acceptors (Lipinski definition) is 4. The topological polar surface area (TPSA) is 62.6 Å². The standard InChI is InChI=1S/C14H24N2O3S/c1-12(9-14-6-4-8-19-14)15-10-13-5-3-7-16(11-13)20(2,17)18/h4,6,8,12-13,15H,3,5,7,9-11H2,1-2H3. The zero-order valence-electron chi connectivity index (χ0n) is 12.2. The van der Waals surface area contributed by atoms with Crippen LogP contribution in [-0.2, 0) is 16.4 Å². The summed E-state index contributed by atoms with van der Waals surface area (Å²) in [5, 5.41) is 3.48. The molecule has 1 fully saturated rings. The van der Waals surface area contributed by atoms with Crippen molar-refractivity contribution in [3.8, 4) is 0 Å². The van der Waals surface area contributed by atoms with Crippen molar-refractivity contribution in [1.82, 2.24) is 9.62 Å². The second-order valence-corrected chi connectivity index (χ2v) is 7.70. The lowest BCUT2D eigenvalue weighted by Gasteiger charge is -2.31. The Kier molecular flexibility index (Phi) is 5.23. The van der Waals surface area contributed by atoms with Crippen molar-refractivity contribution in [2.75, 3.05) is 25.9 Å². The van der Waals surface area contributed by atoms with Crippen molar-refractivity contribution in [1.29, 1.82) is 0 Å². The summed E-state index contributed by atoms with van der Waals surface area (Å²) in [6, 6.07) is 4.20. The zero-order valence-corrected chi connectivity index (χ0v) is 13.0. The summed E-state index contributed by atoms with van der Waals surface area (Å²) >= 11 is 0. The minimum absolute atomic E-state index is 0.328. The highest BCUT2D eigenvalue weighted by Gasteiger charge is 2.25. The van der Waals surface area contributed by atoms with Crippen LogP contribution in [0, 0.1) is 5.92 Å². The minimum atomic E-state index is -3.05. The molecule has 0 bridgehead atoms. The Morgan fingerprint density at radius 3 is 3.00 bits per heavy atom. The second-order valence-electron chi connectivity index (χ2n) is 5.72. The van der Waals surface area contributed by atoms with E-state index in [1.165, 1.54) is 6.26 Å². The van der Waals surface area contributed by atoms with Gasteiger partial charge < -0.3 is 9.73 Å². The number of hydrogen-bond donors (Lipinski definition) is 1. The normalized spacial score (nSPS) is 22.8. The number of furan rings is 1. The summed E-state index contributed by atoms with van der Waals surface area (Å²) in [6.07, 6.45) is 5.88. The molecule has 20 heavy (non-hydrogen) atoms. The maximum absolute atomic E-state index is 11.6. The molecule has 0 amide bonds. The van der Waals surface area contributed by atoms with Crippen LogP contribution in [-0.4, -0.2) is 44.7 Å². The molecule has 1 saturated heterocycles. The van der Waals surface area contributed by atoms with Gasteiger partial charge in [-0.3, -0.25) is 0 Å². The van der Waals surface area contributed by atoms with Crippen LogP contribution in [0.2, 0.25) is 0 Å². The van der Waals surface area contributed by atoms with E-state index in [1.807, 2.05) is 12.1 Å². The van der Waals surface area contributed by atoms with Gasteiger partial charge in [-0.15, -0.1) is 0 Å². The maximum atomic E-state index is 11.6. The van der Waals surface area contributed by atoms with Crippen LogP contribution in [0.5, 0.6) is 0 Å². The molecule has 1 aromatic rings. The van der Waals surface area contributed by atoms with Crippen molar-refractivity contribution in [2.45, 2.75) is 32.2 Å². The van der Waals surface area contributed by atoms with E-state index in [0.717, 1.165) is 31.6 Å². The fourth-order valence-electron chi connectivity index (χ4n) is 2.67. The lowest BCUT2D eigenvalue weighted by molar-refractivity contribution is 0.255. The molecule has 114 valence electrons. The van der Waals surface area contributed by atoms with Gasteiger partial charge in [-0.25, -0.2) is 12.7 Å². The summed E-state index contributed by atoms with van der Waals surface area (Å²) in [4.78, 5) is 0. The second kappa shape index (κ2) is 6.74. The van der Waals surface area contributed by atoms with E-state index in [0.29, 0.717) is 25.0 Å². The van der Waals surface area contributed by atoms with E-state index >= 15 is 0 Å². The third kappa shape index (κ3) is 4.61. The highest BCUT2D eigenvalue weighted by atomic mass is 32.2. The monoisotopic (exact) mass is 300 g/mol. The van der Waals surface area contributed by atoms with Gasteiger partial charge in [0.15, 0.2) is 0 Å². The Labute approximate surface area is 121 Å². The molecule has 6 heteroatoms. The largest absolute Gasteiger partial charge is 0.469 e. The summed E-state index contributed by atoms with van der Waals surface area (Å²) < 4.78 is 30.1. The highest BCUT2D eigenvalue weighted by molar-refractivity contribution is 7.88. The smallest absolute Gasteiger partial charge is 0.211 e. The van der Waals surface area contributed by atoms with Gasteiger partial charge in [0, 0.05) is 25.6 Å². The lowest BCUT2D eigenvalue weighted by Crippen LogP contribution is -2.43.